The second kappa shape index (κ2) is 13.1. The van der Waals surface area contributed by atoms with Crippen LogP contribution in [-0.4, -0.2) is 60.5 Å². The molecule has 0 saturated carbocycles. The number of hydrogen-bond donors (Lipinski definition) is 0. The number of carbonyl (C=O) groups excluding carboxylic acids is 1. The van der Waals surface area contributed by atoms with Crippen molar-refractivity contribution in [1.82, 2.24) is 9.88 Å². The van der Waals surface area contributed by atoms with Crippen LogP contribution in [0.4, 0.5) is 4.79 Å². The number of aromatic nitrogens is 1. The van der Waals surface area contributed by atoms with Crippen molar-refractivity contribution in [3.05, 3.63) is 24.0 Å². The molecule has 0 aliphatic carbocycles. The van der Waals surface area contributed by atoms with Gasteiger partial charge in [0.05, 0.1) is 20.6 Å². The molecular formula is C21H37BrN3O2+. The topological polar surface area (TPSA) is 42.4 Å². The lowest BCUT2D eigenvalue weighted by molar-refractivity contribution is -0.904. The Kier molecular flexibility index (Phi) is 11.6. The lowest BCUT2D eigenvalue weighted by atomic mass is 10.1. The van der Waals surface area contributed by atoms with Gasteiger partial charge in [0, 0.05) is 25.6 Å². The summed E-state index contributed by atoms with van der Waals surface area (Å²) in [5, 5.41) is 1.13. The monoisotopic (exact) mass is 442 g/mol. The molecule has 0 spiro atoms. The summed E-state index contributed by atoms with van der Waals surface area (Å²) in [5.41, 5.74) is 0.837. The number of halogens is 1. The number of nitrogens with zero attached hydrogens (tertiary/aromatic N) is 3. The summed E-state index contributed by atoms with van der Waals surface area (Å²) in [6, 6.07) is 3.62. The van der Waals surface area contributed by atoms with Crippen molar-refractivity contribution in [3.8, 4) is 5.75 Å². The molecule has 0 unspecified atom stereocenters. The van der Waals surface area contributed by atoms with Gasteiger partial charge in [-0.3, -0.25) is 4.98 Å². The van der Waals surface area contributed by atoms with Gasteiger partial charge in [0.1, 0.15) is 12.2 Å². The average molecular weight is 443 g/mol. The van der Waals surface area contributed by atoms with Crippen LogP contribution < -0.4 is 4.74 Å². The maximum absolute atomic E-state index is 11.9. The Balaban J connectivity index is 2.37. The Morgan fingerprint density at radius 3 is 2.26 bits per heavy atom. The molecule has 1 aromatic rings. The van der Waals surface area contributed by atoms with Crippen LogP contribution in [0.3, 0.4) is 0 Å². The molecular weight excluding hydrogens is 406 g/mol. The van der Waals surface area contributed by atoms with E-state index in [1.165, 1.54) is 56.3 Å². The lowest BCUT2D eigenvalue weighted by Crippen LogP contribution is -2.40. The maximum atomic E-state index is 11.9. The molecule has 0 bridgehead atoms. The minimum absolute atomic E-state index is 0.370. The molecule has 1 rings (SSSR count). The molecule has 1 amide bonds. The lowest BCUT2D eigenvalue weighted by Gasteiger charge is -2.30. The van der Waals surface area contributed by atoms with Crippen molar-refractivity contribution in [1.29, 1.82) is 0 Å². The van der Waals surface area contributed by atoms with E-state index in [0.717, 1.165) is 28.6 Å². The van der Waals surface area contributed by atoms with Crippen molar-refractivity contribution < 1.29 is 14.0 Å². The van der Waals surface area contributed by atoms with Crippen molar-refractivity contribution >= 4 is 22.0 Å². The quantitative estimate of drug-likeness (QED) is 0.238. The molecule has 0 saturated heterocycles. The van der Waals surface area contributed by atoms with Crippen LogP contribution in [0.15, 0.2) is 18.3 Å². The Labute approximate surface area is 173 Å². The van der Waals surface area contributed by atoms with Gasteiger partial charge in [0.2, 0.25) is 0 Å². The first-order valence-corrected chi connectivity index (χ1v) is 11.2. The molecule has 0 aliphatic heterocycles. The van der Waals surface area contributed by atoms with Crippen LogP contribution in [-0.2, 0) is 6.54 Å². The fraction of sp³-hybridized carbons (Fsp3) is 0.714. The van der Waals surface area contributed by atoms with E-state index in [0.29, 0.717) is 5.75 Å². The number of carbonyl (C=O) groups is 1. The third-order valence-corrected chi connectivity index (χ3v) is 5.20. The third-order valence-electron chi connectivity index (χ3n) is 4.64. The minimum atomic E-state index is -0.370. The van der Waals surface area contributed by atoms with Crippen LogP contribution in [0.5, 0.6) is 5.75 Å². The van der Waals surface area contributed by atoms with Gasteiger partial charge in [-0.2, -0.15) is 0 Å². The number of amides is 1. The maximum Gasteiger partial charge on any atom is 0.414 e. The van der Waals surface area contributed by atoms with Gasteiger partial charge in [-0.25, -0.2) is 4.79 Å². The fourth-order valence-electron chi connectivity index (χ4n) is 3.00. The number of quaternary nitrogens is 1. The first-order chi connectivity index (χ1) is 12.9. The van der Waals surface area contributed by atoms with Gasteiger partial charge in [-0.1, -0.05) is 48.0 Å². The summed E-state index contributed by atoms with van der Waals surface area (Å²) in [6.45, 7) is 1.85. The SMILES string of the molecule is CN(C)C(=O)Oc1cccnc1C[N+](C)(C)CCCCCCCCCCBr. The Morgan fingerprint density at radius 2 is 1.67 bits per heavy atom. The number of rotatable bonds is 13. The molecule has 0 aromatic carbocycles. The number of alkyl halides is 1. The molecule has 5 nitrogen and oxygen atoms in total. The van der Waals surface area contributed by atoms with Gasteiger partial charge >= 0.3 is 6.09 Å². The zero-order valence-electron chi connectivity index (χ0n) is 17.5. The van der Waals surface area contributed by atoms with E-state index in [1.54, 1.807) is 26.4 Å². The fourth-order valence-corrected chi connectivity index (χ4v) is 3.40. The molecule has 1 aromatic heterocycles. The van der Waals surface area contributed by atoms with E-state index < -0.39 is 0 Å². The van der Waals surface area contributed by atoms with E-state index in [-0.39, 0.29) is 6.09 Å². The highest BCUT2D eigenvalue weighted by Gasteiger charge is 2.21. The minimum Gasteiger partial charge on any atom is -0.408 e. The average Bonchev–Trinajstić information content (AvgIpc) is 2.61. The van der Waals surface area contributed by atoms with Gasteiger partial charge < -0.3 is 14.1 Å². The zero-order valence-corrected chi connectivity index (χ0v) is 19.1. The molecule has 6 heteroatoms. The van der Waals surface area contributed by atoms with Crippen LogP contribution in [0.1, 0.15) is 57.1 Å². The Bertz CT molecular complexity index is 550. The summed E-state index contributed by atoms with van der Waals surface area (Å²) < 4.78 is 6.30. The van der Waals surface area contributed by atoms with Crippen LogP contribution in [0, 0.1) is 0 Å². The highest BCUT2D eigenvalue weighted by Crippen LogP contribution is 2.21. The number of ether oxygens (including phenoxy) is 1. The summed E-state index contributed by atoms with van der Waals surface area (Å²) in [5.74, 6) is 0.561. The normalized spacial score (nSPS) is 11.4. The van der Waals surface area contributed by atoms with Gasteiger partial charge in [-0.05, 0) is 31.4 Å². The van der Waals surface area contributed by atoms with Gasteiger partial charge in [0.15, 0.2) is 5.75 Å². The Hall–Kier alpha value is -1.14. The molecule has 0 radical (unpaired) electrons. The number of pyridine rings is 1. The highest BCUT2D eigenvalue weighted by atomic mass is 79.9. The predicted octanol–water partition coefficient (Wildman–Crippen LogP) is 5.23. The second-order valence-corrected chi connectivity index (χ2v) is 8.84. The largest absolute Gasteiger partial charge is 0.414 e. The standard InChI is InChI=1S/C21H37BrN3O2/c1-24(2)21(26)27-20-14-13-16-23-19(20)18-25(3,4)17-12-10-8-6-5-7-9-11-15-22/h13-14,16H,5-12,15,17-18H2,1-4H3/q+1. The van der Waals surface area contributed by atoms with E-state index in [9.17, 15) is 4.79 Å². The zero-order chi connectivity index (χ0) is 20.1. The molecule has 154 valence electrons. The van der Waals surface area contributed by atoms with E-state index in [4.69, 9.17) is 4.74 Å². The summed E-state index contributed by atoms with van der Waals surface area (Å²) in [4.78, 5) is 17.7. The van der Waals surface area contributed by atoms with Crippen molar-refractivity contribution in [2.45, 2.75) is 57.9 Å². The molecule has 27 heavy (non-hydrogen) atoms. The summed E-state index contributed by atoms with van der Waals surface area (Å²) in [6.07, 6.45) is 11.9. The second-order valence-electron chi connectivity index (χ2n) is 8.05. The third kappa shape index (κ3) is 10.7. The van der Waals surface area contributed by atoms with Gasteiger partial charge in [0.25, 0.3) is 0 Å². The Morgan fingerprint density at radius 1 is 1.07 bits per heavy atom. The van der Waals surface area contributed by atoms with Crippen LogP contribution >= 0.6 is 15.9 Å². The van der Waals surface area contributed by atoms with Crippen molar-refractivity contribution in [2.24, 2.45) is 0 Å². The first-order valence-electron chi connectivity index (χ1n) is 10.1. The number of hydrogen-bond acceptors (Lipinski definition) is 3. The summed E-state index contributed by atoms with van der Waals surface area (Å²) >= 11 is 3.48. The molecule has 1 heterocycles. The van der Waals surface area contributed by atoms with Crippen molar-refractivity contribution in [2.75, 3.05) is 40.1 Å². The number of unbranched alkanes of at least 4 members (excludes halogenated alkanes) is 7. The van der Waals surface area contributed by atoms with Crippen molar-refractivity contribution in [3.63, 3.8) is 0 Å². The van der Waals surface area contributed by atoms with Gasteiger partial charge in [-0.15, -0.1) is 0 Å². The molecule has 0 N–H and O–H groups in total. The summed E-state index contributed by atoms with van der Waals surface area (Å²) in [7, 11) is 7.79. The first kappa shape index (κ1) is 23.9. The highest BCUT2D eigenvalue weighted by molar-refractivity contribution is 9.09. The van der Waals surface area contributed by atoms with Crippen LogP contribution in [0.25, 0.3) is 0 Å². The van der Waals surface area contributed by atoms with E-state index in [1.807, 2.05) is 6.07 Å². The van der Waals surface area contributed by atoms with E-state index in [2.05, 4.69) is 35.0 Å². The molecule has 0 fully saturated rings. The smallest absolute Gasteiger partial charge is 0.408 e. The van der Waals surface area contributed by atoms with Crippen LogP contribution in [0.2, 0.25) is 0 Å². The molecule has 0 aliphatic rings. The molecule has 0 atom stereocenters. The predicted molar refractivity (Wildman–Crippen MR) is 115 cm³/mol. The van der Waals surface area contributed by atoms with E-state index >= 15 is 0 Å².